The standard InChI is InChI=1S/C13H10BrClO/c14-9-10-5-4-8-12(15)13(10)16-11-6-2-1-3-7-11/h1-8H,9H2. The van der Waals surface area contributed by atoms with Crippen LogP contribution in [0.5, 0.6) is 11.5 Å². The van der Waals surface area contributed by atoms with Crippen molar-refractivity contribution < 1.29 is 4.74 Å². The summed E-state index contributed by atoms with van der Waals surface area (Å²) in [5.41, 5.74) is 1.04. The molecular weight excluding hydrogens is 287 g/mol. The van der Waals surface area contributed by atoms with Crippen molar-refractivity contribution in [1.82, 2.24) is 0 Å². The molecule has 0 heterocycles. The molecule has 0 amide bonds. The van der Waals surface area contributed by atoms with Crippen molar-refractivity contribution in [3.63, 3.8) is 0 Å². The Morgan fingerprint density at radius 2 is 1.75 bits per heavy atom. The molecule has 0 aliphatic carbocycles. The van der Waals surface area contributed by atoms with Crippen LogP contribution in [0.4, 0.5) is 0 Å². The predicted octanol–water partition coefficient (Wildman–Crippen LogP) is 5.03. The van der Waals surface area contributed by atoms with Crippen LogP contribution in [-0.4, -0.2) is 0 Å². The average molecular weight is 298 g/mol. The van der Waals surface area contributed by atoms with Gasteiger partial charge in [0.1, 0.15) is 11.5 Å². The second kappa shape index (κ2) is 5.37. The van der Waals surface area contributed by atoms with Crippen LogP contribution < -0.4 is 4.74 Å². The molecule has 16 heavy (non-hydrogen) atoms. The van der Waals surface area contributed by atoms with Crippen LogP contribution in [-0.2, 0) is 5.33 Å². The van der Waals surface area contributed by atoms with Crippen molar-refractivity contribution in [2.45, 2.75) is 5.33 Å². The maximum atomic E-state index is 6.11. The van der Waals surface area contributed by atoms with Crippen molar-refractivity contribution in [1.29, 1.82) is 0 Å². The molecule has 0 atom stereocenters. The smallest absolute Gasteiger partial charge is 0.150 e. The van der Waals surface area contributed by atoms with Crippen molar-refractivity contribution in [2.24, 2.45) is 0 Å². The maximum Gasteiger partial charge on any atom is 0.150 e. The van der Waals surface area contributed by atoms with Crippen LogP contribution >= 0.6 is 27.5 Å². The first-order chi connectivity index (χ1) is 7.81. The van der Waals surface area contributed by atoms with Gasteiger partial charge in [0.25, 0.3) is 0 Å². The highest BCUT2D eigenvalue weighted by Gasteiger charge is 2.08. The minimum Gasteiger partial charge on any atom is -0.455 e. The highest BCUT2D eigenvalue weighted by Crippen LogP contribution is 2.33. The van der Waals surface area contributed by atoms with E-state index in [1.165, 1.54) is 0 Å². The van der Waals surface area contributed by atoms with Crippen LogP contribution in [0.25, 0.3) is 0 Å². The van der Waals surface area contributed by atoms with Gasteiger partial charge in [0.05, 0.1) is 5.02 Å². The Bertz CT molecular complexity index is 471. The number of hydrogen-bond donors (Lipinski definition) is 0. The second-order valence-electron chi connectivity index (χ2n) is 3.28. The molecule has 82 valence electrons. The Morgan fingerprint density at radius 1 is 1.00 bits per heavy atom. The average Bonchev–Trinajstić information content (AvgIpc) is 2.33. The molecule has 2 aromatic rings. The molecule has 0 aromatic heterocycles. The summed E-state index contributed by atoms with van der Waals surface area (Å²) in [5.74, 6) is 1.50. The van der Waals surface area contributed by atoms with Crippen LogP contribution in [0.2, 0.25) is 5.02 Å². The summed E-state index contributed by atoms with van der Waals surface area (Å²) in [5, 5.41) is 1.34. The number of ether oxygens (including phenoxy) is 1. The number of benzene rings is 2. The predicted molar refractivity (Wildman–Crippen MR) is 70.6 cm³/mol. The zero-order valence-corrected chi connectivity index (χ0v) is 10.8. The Morgan fingerprint density at radius 3 is 2.44 bits per heavy atom. The highest BCUT2D eigenvalue weighted by molar-refractivity contribution is 9.08. The summed E-state index contributed by atoms with van der Waals surface area (Å²) in [4.78, 5) is 0. The van der Waals surface area contributed by atoms with Crippen molar-refractivity contribution >= 4 is 27.5 Å². The lowest BCUT2D eigenvalue weighted by Crippen LogP contribution is -1.90. The Hall–Kier alpha value is -0.990. The van der Waals surface area contributed by atoms with Gasteiger partial charge in [-0.15, -0.1) is 0 Å². The van der Waals surface area contributed by atoms with E-state index in [1.807, 2.05) is 48.5 Å². The van der Waals surface area contributed by atoms with Crippen LogP contribution in [0.1, 0.15) is 5.56 Å². The number of para-hydroxylation sites is 2. The van der Waals surface area contributed by atoms with E-state index >= 15 is 0 Å². The fourth-order valence-electron chi connectivity index (χ4n) is 1.38. The first kappa shape index (κ1) is 11.5. The molecule has 0 fully saturated rings. The van der Waals surface area contributed by atoms with Gasteiger partial charge >= 0.3 is 0 Å². The van der Waals surface area contributed by atoms with Crippen molar-refractivity contribution in [3.8, 4) is 11.5 Å². The normalized spacial score (nSPS) is 10.1. The molecule has 0 spiro atoms. The molecular formula is C13H10BrClO. The molecule has 0 unspecified atom stereocenters. The van der Waals surface area contributed by atoms with E-state index in [9.17, 15) is 0 Å². The van der Waals surface area contributed by atoms with Gasteiger partial charge in [-0.3, -0.25) is 0 Å². The monoisotopic (exact) mass is 296 g/mol. The molecule has 1 nitrogen and oxygen atoms in total. The van der Waals surface area contributed by atoms with E-state index in [2.05, 4.69) is 15.9 Å². The lowest BCUT2D eigenvalue weighted by Gasteiger charge is -2.11. The third-order valence-electron chi connectivity index (χ3n) is 2.16. The molecule has 0 saturated heterocycles. The quantitative estimate of drug-likeness (QED) is 0.722. The first-order valence-electron chi connectivity index (χ1n) is 4.87. The van der Waals surface area contributed by atoms with E-state index in [4.69, 9.17) is 16.3 Å². The number of halogens is 2. The Kier molecular flexibility index (Phi) is 3.86. The van der Waals surface area contributed by atoms with Gasteiger partial charge in [0.15, 0.2) is 0 Å². The molecule has 0 aliphatic rings. The summed E-state index contributed by atoms with van der Waals surface area (Å²) in [6, 6.07) is 15.3. The number of alkyl halides is 1. The van der Waals surface area contributed by atoms with Gasteiger partial charge in [-0.2, -0.15) is 0 Å². The van der Waals surface area contributed by atoms with Gasteiger partial charge < -0.3 is 4.74 Å². The lowest BCUT2D eigenvalue weighted by molar-refractivity contribution is 0.479. The molecule has 0 radical (unpaired) electrons. The second-order valence-corrected chi connectivity index (χ2v) is 4.24. The summed E-state index contributed by atoms with van der Waals surface area (Å²) in [6.45, 7) is 0. The maximum absolute atomic E-state index is 6.11. The van der Waals surface area contributed by atoms with E-state index < -0.39 is 0 Å². The summed E-state index contributed by atoms with van der Waals surface area (Å²) >= 11 is 9.53. The minimum atomic E-state index is 0.626. The van der Waals surface area contributed by atoms with Gasteiger partial charge in [-0.05, 0) is 18.2 Å². The topological polar surface area (TPSA) is 9.23 Å². The Balaban J connectivity index is 2.34. The molecule has 0 bridgehead atoms. The van der Waals surface area contributed by atoms with Crippen molar-refractivity contribution in [3.05, 3.63) is 59.1 Å². The molecule has 2 aromatic carbocycles. The minimum absolute atomic E-state index is 0.626. The summed E-state index contributed by atoms with van der Waals surface area (Å²) in [7, 11) is 0. The third-order valence-corrected chi connectivity index (χ3v) is 3.06. The van der Waals surface area contributed by atoms with Gasteiger partial charge in [-0.1, -0.05) is 57.9 Å². The summed E-state index contributed by atoms with van der Waals surface area (Å²) in [6.07, 6.45) is 0. The molecule has 3 heteroatoms. The van der Waals surface area contributed by atoms with Crippen molar-refractivity contribution in [2.75, 3.05) is 0 Å². The van der Waals surface area contributed by atoms with E-state index in [-0.39, 0.29) is 0 Å². The fourth-order valence-corrected chi connectivity index (χ4v) is 2.05. The molecule has 0 saturated carbocycles. The lowest BCUT2D eigenvalue weighted by atomic mass is 10.2. The highest BCUT2D eigenvalue weighted by atomic mass is 79.9. The zero-order chi connectivity index (χ0) is 11.4. The van der Waals surface area contributed by atoms with E-state index in [0.717, 1.165) is 16.6 Å². The van der Waals surface area contributed by atoms with E-state index in [0.29, 0.717) is 10.8 Å². The molecule has 2 rings (SSSR count). The fraction of sp³-hybridized carbons (Fsp3) is 0.0769. The van der Waals surface area contributed by atoms with Gasteiger partial charge in [0.2, 0.25) is 0 Å². The SMILES string of the molecule is Clc1cccc(CBr)c1Oc1ccccc1. The van der Waals surface area contributed by atoms with Crippen LogP contribution in [0.15, 0.2) is 48.5 Å². The van der Waals surface area contributed by atoms with Gasteiger partial charge in [-0.25, -0.2) is 0 Å². The third kappa shape index (κ3) is 2.57. The van der Waals surface area contributed by atoms with Gasteiger partial charge in [0, 0.05) is 10.9 Å². The number of rotatable bonds is 3. The van der Waals surface area contributed by atoms with Crippen LogP contribution in [0, 0.1) is 0 Å². The van der Waals surface area contributed by atoms with Crippen LogP contribution in [0.3, 0.4) is 0 Å². The molecule has 0 aliphatic heterocycles. The largest absolute Gasteiger partial charge is 0.455 e. The molecule has 0 N–H and O–H groups in total. The van der Waals surface area contributed by atoms with E-state index in [1.54, 1.807) is 0 Å². The number of hydrogen-bond acceptors (Lipinski definition) is 1. The Labute approximate surface area is 108 Å². The summed E-state index contributed by atoms with van der Waals surface area (Å²) < 4.78 is 5.77. The first-order valence-corrected chi connectivity index (χ1v) is 6.37. The zero-order valence-electron chi connectivity index (χ0n) is 8.49.